The van der Waals surface area contributed by atoms with E-state index in [4.69, 9.17) is 0 Å². The zero-order valence-corrected chi connectivity index (χ0v) is 10.7. The van der Waals surface area contributed by atoms with Gasteiger partial charge in [-0.15, -0.1) is 0 Å². The average molecular weight is 212 g/mol. The fourth-order valence-corrected chi connectivity index (χ4v) is 3.39. The van der Waals surface area contributed by atoms with E-state index in [1.165, 1.54) is 38.5 Å². The lowest BCUT2D eigenvalue weighted by Gasteiger charge is -2.33. The second kappa shape index (κ2) is 5.85. The first-order chi connectivity index (χ1) is 6.79. The lowest BCUT2D eigenvalue weighted by molar-refractivity contribution is 0.476. The maximum atomic E-state index is 4.68. The van der Waals surface area contributed by atoms with Crippen LogP contribution in [0.5, 0.6) is 0 Å². The van der Waals surface area contributed by atoms with Crippen molar-refractivity contribution in [1.82, 2.24) is 0 Å². The molecule has 2 aliphatic carbocycles. The van der Waals surface area contributed by atoms with Gasteiger partial charge in [-0.1, -0.05) is 31.9 Å². The lowest BCUT2D eigenvalue weighted by atomic mass is 9.76. The third-order valence-electron chi connectivity index (χ3n) is 3.37. The highest BCUT2D eigenvalue weighted by Crippen LogP contribution is 2.40. The summed E-state index contributed by atoms with van der Waals surface area (Å²) in [4.78, 5) is 0. The molecule has 0 N–H and O–H groups in total. The predicted molar refractivity (Wildman–Crippen MR) is 68.0 cm³/mol. The molecule has 0 aromatic rings. The topological polar surface area (TPSA) is 0 Å². The van der Waals surface area contributed by atoms with Gasteiger partial charge in [-0.25, -0.2) is 0 Å². The normalized spacial score (nSPS) is 31.7. The Hall–Kier alpha value is 0.0900. The van der Waals surface area contributed by atoms with Crippen LogP contribution in [-0.2, 0) is 0 Å². The Bertz CT molecular complexity index is 185. The number of allylic oxidation sites excluding steroid dienone is 1. The third kappa shape index (κ3) is 2.56. The SMILES string of the molecule is CC.CC1CCCC2=C1C(S)CCC2. The predicted octanol–water partition coefficient (Wildman–Crippen LogP) is 4.61. The van der Waals surface area contributed by atoms with Crippen LogP contribution in [0.15, 0.2) is 11.1 Å². The van der Waals surface area contributed by atoms with Crippen LogP contribution in [0.1, 0.15) is 59.3 Å². The van der Waals surface area contributed by atoms with E-state index in [9.17, 15) is 0 Å². The molecule has 0 radical (unpaired) electrons. The highest BCUT2D eigenvalue weighted by atomic mass is 32.1. The van der Waals surface area contributed by atoms with Gasteiger partial charge in [0.1, 0.15) is 0 Å². The zero-order valence-electron chi connectivity index (χ0n) is 9.84. The summed E-state index contributed by atoms with van der Waals surface area (Å²) in [5.74, 6) is 0.830. The van der Waals surface area contributed by atoms with Gasteiger partial charge in [-0.05, 0) is 44.4 Å². The molecule has 2 aliphatic rings. The van der Waals surface area contributed by atoms with E-state index in [0.29, 0.717) is 5.25 Å². The van der Waals surface area contributed by atoms with E-state index in [1.807, 2.05) is 13.8 Å². The molecule has 0 heterocycles. The standard InChI is InChI=1S/C11H18S.C2H6/c1-8-4-2-5-9-6-3-7-10(12)11(8)9;1-2/h8,10,12H,2-7H2,1H3;1-2H3. The molecular formula is C13H24S. The van der Waals surface area contributed by atoms with Crippen molar-refractivity contribution in [3.8, 4) is 0 Å². The smallest absolute Gasteiger partial charge is 0.0231 e. The summed E-state index contributed by atoms with van der Waals surface area (Å²) < 4.78 is 0. The molecule has 0 aromatic heterocycles. The molecule has 2 unspecified atom stereocenters. The molecule has 1 heteroatoms. The Morgan fingerprint density at radius 3 is 2.21 bits per heavy atom. The fraction of sp³-hybridized carbons (Fsp3) is 0.846. The van der Waals surface area contributed by atoms with Crippen molar-refractivity contribution in [1.29, 1.82) is 0 Å². The first kappa shape index (κ1) is 12.2. The number of rotatable bonds is 0. The average Bonchev–Trinajstić information content (AvgIpc) is 2.21. The highest BCUT2D eigenvalue weighted by molar-refractivity contribution is 7.81. The monoisotopic (exact) mass is 212 g/mol. The van der Waals surface area contributed by atoms with Crippen LogP contribution in [-0.4, -0.2) is 5.25 Å². The second-order valence-electron chi connectivity index (χ2n) is 4.26. The van der Waals surface area contributed by atoms with E-state index in [-0.39, 0.29) is 0 Å². The van der Waals surface area contributed by atoms with Crippen LogP contribution in [0.25, 0.3) is 0 Å². The molecule has 14 heavy (non-hydrogen) atoms. The molecular weight excluding hydrogens is 188 g/mol. The first-order valence-electron chi connectivity index (χ1n) is 6.19. The highest BCUT2D eigenvalue weighted by Gasteiger charge is 2.26. The van der Waals surface area contributed by atoms with Crippen LogP contribution in [0.3, 0.4) is 0 Å². The summed E-state index contributed by atoms with van der Waals surface area (Å²) in [7, 11) is 0. The number of thiol groups is 1. The lowest BCUT2D eigenvalue weighted by Crippen LogP contribution is -2.21. The maximum Gasteiger partial charge on any atom is 0.0231 e. The van der Waals surface area contributed by atoms with Gasteiger partial charge in [0.25, 0.3) is 0 Å². The van der Waals surface area contributed by atoms with Crippen molar-refractivity contribution in [3.63, 3.8) is 0 Å². The van der Waals surface area contributed by atoms with Gasteiger partial charge in [0, 0.05) is 5.25 Å². The van der Waals surface area contributed by atoms with Gasteiger partial charge in [-0.3, -0.25) is 0 Å². The Morgan fingerprint density at radius 2 is 1.64 bits per heavy atom. The van der Waals surface area contributed by atoms with Crippen molar-refractivity contribution in [2.24, 2.45) is 5.92 Å². The van der Waals surface area contributed by atoms with Gasteiger partial charge in [0.2, 0.25) is 0 Å². The maximum absolute atomic E-state index is 4.68. The van der Waals surface area contributed by atoms with Gasteiger partial charge < -0.3 is 0 Å². The van der Waals surface area contributed by atoms with E-state index in [1.54, 1.807) is 11.1 Å². The van der Waals surface area contributed by atoms with E-state index < -0.39 is 0 Å². The van der Waals surface area contributed by atoms with Crippen molar-refractivity contribution in [2.45, 2.75) is 64.5 Å². The van der Waals surface area contributed by atoms with E-state index in [2.05, 4.69) is 19.6 Å². The summed E-state index contributed by atoms with van der Waals surface area (Å²) in [6, 6.07) is 0. The molecule has 2 atom stereocenters. The van der Waals surface area contributed by atoms with Crippen LogP contribution < -0.4 is 0 Å². The van der Waals surface area contributed by atoms with Crippen LogP contribution >= 0.6 is 12.6 Å². The van der Waals surface area contributed by atoms with Gasteiger partial charge in [0.05, 0.1) is 0 Å². The summed E-state index contributed by atoms with van der Waals surface area (Å²) in [5.41, 5.74) is 3.48. The first-order valence-corrected chi connectivity index (χ1v) is 6.70. The Morgan fingerprint density at radius 1 is 1.07 bits per heavy atom. The minimum atomic E-state index is 0.601. The molecule has 0 aliphatic heterocycles. The Labute approximate surface area is 94.6 Å². The largest absolute Gasteiger partial charge is 0.171 e. The summed E-state index contributed by atoms with van der Waals surface area (Å²) in [6.45, 7) is 6.38. The molecule has 0 saturated carbocycles. The van der Waals surface area contributed by atoms with Crippen LogP contribution in [0, 0.1) is 5.92 Å². The van der Waals surface area contributed by atoms with Crippen LogP contribution in [0.4, 0.5) is 0 Å². The third-order valence-corrected chi connectivity index (χ3v) is 3.91. The Balaban J connectivity index is 0.000000461. The van der Waals surface area contributed by atoms with Gasteiger partial charge >= 0.3 is 0 Å². The van der Waals surface area contributed by atoms with Crippen molar-refractivity contribution < 1.29 is 0 Å². The van der Waals surface area contributed by atoms with Crippen molar-refractivity contribution in [2.75, 3.05) is 0 Å². The molecule has 0 aromatic carbocycles. The van der Waals surface area contributed by atoms with Crippen molar-refractivity contribution >= 4 is 12.6 Å². The molecule has 0 fully saturated rings. The molecule has 0 saturated heterocycles. The van der Waals surface area contributed by atoms with Crippen molar-refractivity contribution in [3.05, 3.63) is 11.1 Å². The quantitative estimate of drug-likeness (QED) is 0.440. The molecule has 0 nitrogen and oxygen atoms in total. The van der Waals surface area contributed by atoms with E-state index in [0.717, 1.165) is 5.92 Å². The Kier molecular flexibility index (Phi) is 5.08. The molecule has 0 amide bonds. The molecule has 82 valence electrons. The summed E-state index contributed by atoms with van der Waals surface area (Å²) in [5, 5.41) is 0.601. The molecule has 2 rings (SSSR count). The van der Waals surface area contributed by atoms with Gasteiger partial charge in [-0.2, -0.15) is 12.6 Å². The summed E-state index contributed by atoms with van der Waals surface area (Å²) in [6.07, 6.45) is 8.25. The number of hydrogen-bond donors (Lipinski definition) is 1. The minimum Gasteiger partial charge on any atom is -0.171 e. The van der Waals surface area contributed by atoms with Gasteiger partial charge in [0.15, 0.2) is 0 Å². The summed E-state index contributed by atoms with van der Waals surface area (Å²) >= 11 is 4.68. The molecule has 0 bridgehead atoms. The van der Waals surface area contributed by atoms with Crippen LogP contribution in [0.2, 0.25) is 0 Å². The number of hydrogen-bond acceptors (Lipinski definition) is 1. The fourth-order valence-electron chi connectivity index (χ4n) is 2.77. The minimum absolute atomic E-state index is 0.601. The van der Waals surface area contributed by atoms with E-state index >= 15 is 0 Å². The zero-order chi connectivity index (χ0) is 10.6. The second-order valence-corrected chi connectivity index (χ2v) is 4.88. The molecule has 0 spiro atoms.